The van der Waals surface area contributed by atoms with E-state index in [0.29, 0.717) is 5.56 Å². The van der Waals surface area contributed by atoms with Gasteiger partial charge in [0.15, 0.2) is 11.6 Å². The van der Waals surface area contributed by atoms with E-state index in [9.17, 15) is 13.2 Å². The number of halogens is 4. The van der Waals surface area contributed by atoms with E-state index >= 15 is 0 Å². The van der Waals surface area contributed by atoms with Crippen molar-refractivity contribution in [3.8, 4) is 5.75 Å². The summed E-state index contributed by atoms with van der Waals surface area (Å²) in [6.07, 6.45) is -1.18. The molecule has 0 N–H and O–H groups in total. The van der Waals surface area contributed by atoms with Crippen LogP contribution >= 0.6 is 15.9 Å². The summed E-state index contributed by atoms with van der Waals surface area (Å²) < 4.78 is 41.9. The second kappa shape index (κ2) is 5.21. The zero-order valence-electron chi connectivity index (χ0n) is 7.64. The number of ether oxygens (including phenoxy) is 1. The van der Waals surface area contributed by atoms with Crippen molar-refractivity contribution in [3.05, 3.63) is 34.6 Å². The van der Waals surface area contributed by atoms with Crippen LogP contribution in [0.4, 0.5) is 13.2 Å². The molecular formula is C10H8BrF3O. The van der Waals surface area contributed by atoms with Crippen molar-refractivity contribution in [1.29, 1.82) is 0 Å². The van der Waals surface area contributed by atoms with Crippen LogP contribution in [0.15, 0.2) is 23.2 Å². The summed E-state index contributed by atoms with van der Waals surface area (Å²) in [6, 6.07) is 2.70. The van der Waals surface area contributed by atoms with Gasteiger partial charge in [-0.3, -0.25) is 0 Å². The lowest BCUT2D eigenvalue weighted by Crippen LogP contribution is -2.08. The molecule has 15 heavy (non-hydrogen) atoms. The first-order valence-electron chi connectivity index (χ1n) is 4.07. The SMILES string of the molecule is C=Cc1cc(F)c(OCC(F)F)c(Br)c1. The Morgan fingerprint density at radius 2 is 2.13 bits per heavy atom. The lowest BCUT2D eigenvalue weighted by atomic mass is 10.2. The Balaban J connectivity index is 2.93. The van der Waals surface area contributed by atoms with Gasteiger partial charge in [0.1, 0.15) is 6.61 Å². The summed E-state index contributed by atoms with van der Waals surface area (Å²) in [4.78, 5) is 0. The summed E-state index contributed by atoms with van der Waals surface area (Å²) in [7, 11) is 0. The number of benzene rings is 1. The van der Waals surface area contributed by atoms with Gasteiger partial charge < -0.3 is 4.74 Å². The molecule has 0 radical (unpaired) electrons. The van der Waals surface area contributed by atoms with E-state index < -0.39 is 18.8 Å². The smallest absolute Gasteiger partial charge is 0.272 e. The molecule has 0 aromatic heterocycles. The van der Waals surface area contributed by atoms with Crippen molar-refractivity contribution < 1.29 is 17.9 Å². The van der Waals surface area contributed by atoms with E-state index in [1.165, 1.54) is 18.2 Å². The molecule has 1 rings (SSSR count). The fourth-order valence-electron chi connectivity index (χ4n) is 0.982. The predicted molar refractivity (Wildman–Crippen MR) is 55.7 cm³/mol. The Hall–Kier alpha value is -0.970. The van der Waals surface area contributed by atoms with Crippen molar-refractivity contribution in [1.82, 2.24) is 0 Å². The molecule has 0 atom stereocenters. The molecule has 0 saturated heterocycles. The molecule has 1 aromatic rings. The number of rotatable bonds is 4. The monoisotopic (exact) mass is 280 g/mol. The van der Waals surface area contributed by atoms with Gasteiger partial charge in [0.2, 0.25) is 0 Å². The molecular weight excluding hydrogens is 273 g/mol. The topological polar surface area (TPSA) is 9.23 Å². The van der Waals surface area contributed by atoms with E-state index in [1.54, 1.807) is 0 Å². The van der Waals surface area contributed by atoms with Crippen molar-refractivity contribution >= 4 is 22.0 Å². The molecule has 0 bridgehead atoms. The van der Waals surface area contributed by atoms with Crippen molar-refractivity contribution in [3.63, 3.8) is 0 Å². The summed E-state index contributed by atoms with van der Waals surface area (Å²) in [5.41, 5.74) is 0.545. The van der Waals surface area contributed by atoms with Gasteiger partial charge in [0.25, 0.3) is 6.43 Å². The number of hydrogen-bond donors (Lipinski definition) is 0. The molecule has 0 aliphatic rings. The Kier molecular flexibility index (Phi) is 4.20. The molecule has 0 aliphatic carbocycles. The van der Waals surface area contributed by atoms with E-state index in [0.717, 1.165) is 0 Å². The second-order valence-corrected chi connectivity index (χ2v) is 3.57. The molecule has 0 heterocycles. The van der Waals surface area contributed by atoms with Gasteiger partial charge in [0, 0.05) is 0 Å². The van der Waals surface area contributed by atoms with Crippen LogP contribution < -0.4 is 4.74 Å². The van der Waals surface area contributed by atoms with E-state index in [2.05, 4.69) is 27.2 Å². The first kappa shape index (κ1) is 12.1. The third-order valence-corrected chi connectivity index (χ3v) is 2.20. The average molecular weight is 281 g/mol. The highest BCUT2D eigenvalue weighted by molar-refractivity contribution is 9.10. The molecule has 0 amide bonds. The molecule has 0 unspecified atom stereocenters. The predicted octanol–water partition coefficient (Wildman–Crippen LogP) is 3.88. The zero-order valence-corrected chi connectivity index (χ0v) is 9.23. The minimum Gasteiger partial charge on any atom is -0.483 e. The maximum atomic E-state index is 13.3. The molecule has 1 aromatic carbocycles. The highest BCUT2D eigenvalue weighted by Crippen LogP contribution is 2.30. The minimum absolute atomic E-state index is 0.207. The highest BCUT2D eigenvalue weighted by atomic mass is 79.9. The standard InChI is InChI=1S/C10H8BrF3O/c1-2-6-3-7(11)10(8(12)4-6)15-5-9(13)14/h2-4,9H,1,5H2. The van der Waals surface area contributed by atoms with Gasteiger partial charge in [-0.05, 0) is 33.6 Å². The van der Waals surface area contributed by atoms with Crippen LogP contribution in [0.25, 0.3) is 6.08 Å². The first-order valence-corrected chi connectivity index (χ1v) is 4.86. The van der Waals surface area contributed by atoms with Gasteiger partial charge in [-0.2, -0.15) is 0 Å². The fourth-order valence-corrected chi connectivity index (χ4v) is 1.55. The zero-order chi connectivity index (χ0) is 11.4. The molecule has 5 heteroatoms. The van der Waals surface area contributed by atoms with Crippen molar-refractivity contribution in [2.24, 2.45) is 0 Å². The Morgan fingerprint density at radius 1 is 1.47 bits per heavy atom. The van der Waals surface area contributed by atoms with Crippen LogP contribution in [0, 0.1) is 5.82 Å². The summed E-state index contributed by atoms with van der Waals surface area (Å²) in [5, 5.41) is 0. The van der Waals surface area contributed by atoms with Gasteiger partial charge in [-0.15, -0.1) is 0 Å². The normalized spacial score (nSPS) is 10.5. The van der Waals surface area contributed by atoms with Crippen molar-refractivity contribution in [2.75, 3.05) is 6.61 Å². The third-order valence-electron chi connectivity index (χ3n) is 1.61. The van der Waals surface area contributed by atoms with Crippen LogP contribution in [0.3, 0.4) is 0 Å². The van der Waals surface area contributed by atoms with E-state index in [-0.39, 0.29) is 10.2 Å². The molecule has 0 aliphatic heterocycles. The largest absolute Gasteiger partial charge is 0.483 e. The van der Waals surface area contributed by atoms with Crippen LogP contribution in [0.5, 0.6) is 5.75 Å². The minimum atomic E-state index is -2.63. The van der Waals surface area contributed by atoms with E-state index in [1.807, 2.05) is 0 Å². The molecule has 82 valence electrons. The highest BCUT2D eigenvalue weighted by Gasteiger charge is 2.12. The first-order chi connectivity index (χ1) is 7.04. The Labute approximate surface area is 93.7 Å². The Bertz CT molecular complexity index is 343. The molecule has 0 fully saturated rings. The van der Waals surface area contributed by atoms with Crippen LogP contribution in [-0.2, 0) is 0 Å². The number of hydrogen-bond acceptors (Lipinski definition) is 1. The average Bonchev–Trinajstić information content (AvgIpc) is 2.15. The van der Waals surface area contributed by atoms with Gasteiger partial charge >= 0.3 is 0 Å². The lowest BCUT2D eigenvalue weighted by molar-refractivity contribution is 0.0795. The van der Waals surface area contributed by atoms with E-state index in [4.69, 9.17) is 0 Å². The Morgan fingerprint density at radius 3 is 2.60 bits per heavy atom. The van der Waals surface area contributed by atoms with Gasteiger partial charge in [0.05, 0.1) is 4.47 Å². The quantitative estimate of drug-likeness (QED) is 0.814. The maximum Gasteiger partial charge on any atom is 0.272 e. The molecule has 1 nitrogen and oxygen atoms in total. The van der Waals surface area contributed by atoms with Gasteiger partial charge in [-0.25, -0.2) is 13.2 Å². The summed E-state index contributed by atoms with van der Waals surface area (Å²) in [5.74, 6) is -0.902. The van der Waals surface area contributed by atoms with Gasteiger partial charge in [-0.1, -0.05) is 12.7 Å². The third kappa shape index (κ3) is 3.27. The second-order valence-electron chi connectivity index (χ2n) is 2.72. The summed E-state index contributed by atoms with van der Waals surface area (Å²) in [6.45, 7) is 2.64. The van der Waals surface area contributed by atoms with Crippen LogP contribution in [0.1, 0.15) is 5.56 Å². The van der Waals surface area contributed by atoms with Crippen molar-refractivity contribution in [2.45, 2.75) is 6.43 Å². The molecule has 0 saturated carbocycles. The molecule has 0 spiro atoms. The fraction of sp³-hybridized carbons (Fsp3) is 0.200. The lowest BCUT2D eigenvalue weighted by Gasteiger charge is -2.09. The van der Waals surface area contributed by atoms with Crippen LogP contribution in [-0.4, -0.2) is 13.0 Å². The number of alkyl halides is 2. The summed E-state index contributed by atoms with van der Waals surface area (Å²) >= 11 is 3.03. The maximum absolute atomic E-state index is 13.3. The van der Waals surface area contributed by atoms with Crippen LogP contribution in [0.2, 0.25) is 0 Å².